The van der Waals surface area contributed by atoms with Crippen molar-refractivity contribution in [1.29, 1.82) is 0 Å². The summed E-state index contributed by atoms with van der Waals surface area (Å²) in [5.41, 5.74) is 1.44. The van der Waals surface area contributed by atoms with Gasteiger partial charge < -0.3 is 14.9 Å². The van der Waals surface area contributed by atoms with E-state index >= 15 is 0 Å². The zero-order valence-electron chi connectivity index (χ0n) is 16.1. The third kappa shape index (κ3) is 6.63. The quantitative estimate of drug-likeness (QED) is 0.451. The fourth-order valence-electron chi connectivity index (χ4n) is 2.84. The van der Waals surface area contributed by atoms with Gasteiger partial charge in [0.15, 0.2) is 0 Å². The van der Waals surface area contributed by atoms with Gasteiger partial charge in [0.2, 0.25) is 16.3 Å². The Labute approximate surface area is 183 Å². The molecule has 160 valence electrons. The molecule has 1 atom stereocenters. The number of amides is 1. The summed E-state index contributed by atoms with van der Waals surface area (Å²) in [6.07, 6.45) is 2.43. The normalized spacial score (nSPS) is 17.4. The molecule has 1 aliphatic rings. The van der Waals surface area contributed by atoms with E-state index in [-0.39, 0.29) is 17.0 Å². The molecule has 1 unspecified atom stereocenters. The maximum Gasteiger partial charge on any atom is 0.273 e. The summed E-state index contributed by atoms with van der Waals surface area (Å²) in [4.78, 5) is 18.3. The number of benzene rings is 2. The maximum atomic E-state index is 12.8. The van der Waals surface area contributed by atoms with Crippen LogP contribution < -0.4 is 10.5 Å². The van der Waals surface area contributed by atoms with Crippen molar-refractivity contribution in [2.75, 3.05) is 11.9 Å². The van der Waals surface area contributed by atoms with E-state index in [1.807, 2.05) is 24.3 Å². The van der Waals surface area contributed by atoms with E-state index in [1.54, 1.807) is 0 Å². The van der Waals surface area contributed by atoms with Crippen molar-refractivity contribution in [3.05, 3.63) is 58.6 Å². The number of rotatable bonds is 7. The zero-order chi connectivity index (χ0) is 21.6. The van der Waals surface area contributed by atoms with E-state index in [0.717, 1.165) is 22.9 Å². The first-order chi connectivity index (χ1) is 14.3. The molecule has 0 radical (unpaired) electrons. The molecule has 30 heavy (non-hydrogen) atoms. The predicted octanol–water partition coefficient (Wildman–Crippen LogP) is 3.18. The number of hydrogen-bond acceptors (Lipinski definition) is 6. The molecular weight excluding hydrogens is 474 g/mol. The standard InChI is InChI=1S/C20H22BrN3O5S/c21-15-5-3-4-14(12-15)13-18(24-29-19-6-1-2-11-28-19)20(25)23-16-7-9-17(10-8-16)30(22,26)27/h3-5,7-10,12,19H,1-2,6,11,13H2,(H,23,25)(H2,22,26,27)/b24-18+. The second-order valence-corrected chi connectivity index (χ2v) is 9.25. The SMILES string of the molecule is NS(=O)(=O)c1ccc(NC(=O)/C(Cc2cccc(Br)c2)=N/OC2CCCCO2)cc1. The molecule has 1 amide bonds. The van der Waals surface area contributed by atoms with Crippen LogP contribution in [0.4, 0.5) is 5.69 Å². The third-order valence-corrected chi connectivity index (χ3v) is 5.80. The topological polar surface area (TPSA) is 120 Å². The zero-order valence-corrected chi connectivity index (χ0v) is 18.5. The molecule has 10 heteroatoms. The number of anilines is 1. The molecule has 0 aliphatic carbocycles. The van der Waals surface area contributed by atoms with Crippen LogP contribution >= 0.6 is 15.9 Å². The molecule has 1 aliphatic heterocycles. The van der Waals surface area contributed by atoms with Gasteiger partial charge in [0.1, 0.15) is 5.71 Å². The van der Waals surface area contributed by atoms with Crippen molar-refractivity contribution in [3.63, 3.8) is 0 Å². The summed E-state index contributed by atoms with van der Waals surface area (Å²) in [5.74, 6) is -0.464. The second-order valence-electron chi connectivity index (χ2n) is 6.77. The summed E-state index contributed by atoms with van der Waals surface area (Å²) in [6, 6.07) is 13.1. The van der Waals surface area contributed by atoms with E-state index in [1.165, 1.54) is 24.3 Å². The monoisotopic (exact) mass is 495 g/mol. The van der Waals surface area contributed by atoms with Crippen molar-refractivity contribution < 1.29 is 22.8 Å². The molecule has 0 spiro atoms. The first kappa shape index (κ1) is 22.4. The minimum absolute atomic E-state index is 0.0405. The fraction of sp³-hybridized carbons (Fsp3) is 0.300. The fourth-order valence-corrected chi connectivity index (χ4v) is 3.80. The lowest BCUT2D eigenvalue weighted by Gasteiger charge is -2.20. The second kappa shape index (κ2) is 10.2. The van der Waals surface area contributed by atoms with Crippen LogP contribution in [-0.4, -0.2) is 32.9 Å². The number of halogens is 1. The van der Waals surface area contributed by atoms with Crippen LogP contribution in [0.25, 0.3) is 0 Å². The molecule has 2 aromatic rings. The molecule has 3 rings (SSSR count). The Morgan fingerprint density at radius 1 is 1.23 bits per heavy atom. The van der Waals surface area contributed by atoms with Crippen molar-refractivity contribution >= 4 is 43.3 Å². The Bertz CT molecular complexity index is 1020. The summed E-state index contributed by atoms with van der Waals surface area (Å²) in [6.45, 7) is 0.601. The van der Waals surface area contributed by atoms with Gasteiger partial charge in [0, 0.05) is 23.0 Å². The highest BCUT2D eigenvalue weighted by molar-refractivity contribution is 9.10. The molecule has 3 N–H and O–H groups in total. The number of oxime groups is 1. The predicted molar refractivity (Wildman–Crippen MR) is 116 cm³/mol. The van der Waals surface area contributed by atoms with Gasteiger partial charge in [-0.05, 0) is 54.8 Å². The van der Waals surface area contributed by atoms with Gasteiger partial charge in [-0.2, -0.15) is 0 Å². The van der Waals surface area contributed by atoms with E-state index in [0.29, 0.717) is 18.7 Å². The van der Waals surface area contributed by atoms with Crippen molar-refractivity contribution in [3.8, 4) is 0 Å². The molecule has 8 nitrogen and oxygen atoms in total. The number of carbonyl (C=O) groups excluding carboxylic acids is 1. The Morgan fingerprint density at radius 3 is 2.63 bits per heavy atom. The van der Waals surface area contributed by atoms with Crippen LogP contribution in [0.15, 0.2) is 63.1 Å². The lowest BCUT2D eigenvalue weighted by atomic mass is 10.1. The van der Waals surface area contributed by atoms with Crippen molar-refractivity contribution in [1.82, 2.24) is 0 Å². The molecule has 0 aromatic heterocycles. The number of primary sulfonamides is 1. The van der Waals surface area contributed by atoms with Crippen LogP contribution in [0.5, 0.6) is 0 Å². The van der Waals surface area contributed by atoms with Gasteiger partial charge in [-0.3, -0.25) is 4.79 Å². The van der Waals surface area contributed by atoms with Gasteiger partial charge in [0.05, 0.1) is 11.5 Å². The maximum absolute atomic E-state index is 12.8. The van der Waals surface area contributed by atoms with Gasteiger partial charge in [-0.25, -0.2) is 13.6 Å². The lowest BCUT2D eigenvalue weighted by Crippen LogP contribution is -2.27. The van der Waals surface area contributed by atoms with Crippen LogP contribution in [0.2, 0.25) is 0 Å². The Hall–Kier alpha value is -2.27. The van der Waals surface area contributed by atoms with Gasteiger partial charge in [-0.15, -0.1) is 0 Å². The Kier molecular flexibility index (Phi) is 7.59. The number of sulfonamides is 1. The van der Waals surface area contributed by atoms with E-state index in [2.05, 4.69) is 26.4 Å². The minimum atomic E-state index is -3.81. The van der Waals surface area contributed by atoms with Gasteiger partial charge >= 0.3 is 0 Å². The number of hydrogen-bond donors (Lipinski definition) is 2. The lowest BCUT2D eigenvalue weighted by molar-refractivity contribution is -0.162. The van der Waals surface area contributed by atoms with Crippen LogP contribution in [0, 0.1) is 0 Å². The average molecular weight is 496 g/mol. The third-order valence-electron chi connectivity index (χ3n) is 4.38. The van der Waals surface area contributed by atoms with Crippen LogP contribution in [0.1, 0.15) is 24.8 Å². The van der Waals surface area contributed by atoms with Crippen LogP contribution in [-0.2, 0) is 30.8 Å². The average Bonchev–Trinajstić information content (AvgIpc) is 2.71. The number of nitrogens with two attached hydrogens (primary N) is 1. The van der Waals surface area contributed by atoms with E-state index < -0.39 is 22.2 Å². The molecular formula is C20H22BrN3O5S. The Morgan fingerprint density at radius 2 is 2.00 bits per heavy atom. The van der Waals surface area contributed by atoms with Crippen LogP contribution in [0.3, 0.4) is 0 Å². The minimum Gasteiger partial charge on any atom is -0.363 e. The molecule has 1 fully saturated rings. The highest BCUT2D eigenvalue weighted by Gasteiger charge is 2.19. The molecule has 0 saturated carbocycles. The number of nitrogens with zero attached hydrogens (tertiary/aromatic N) is 1. The first-order valence-corrected chi connectivity index (χ1v) is 11.7. The largest absolute Gasteiger partial charge is 0.363 e. The van der Waals surface area contributed by atoms with E-state index in [4.69, 9.17) is 14.7 Å². The number of nitrogens with one attached hydrogen (secondary N) is 1. The molecule has 1 saturated heterocycles. The molecule has 2 aromatic carbocycles. The Balaban J connectivity index is 1.76. The van der Waals surface area contributed by atoms with Gasteiger partial charge in [0.25, 0.3) is 5.91 Å². The molecule has 0 bridgehead atoms. The smallest absolute Gasteiger partial charge is 0.273 e. The summed E-state index contributed by atoms with van der Waals surface area (Å²) in [5, 5.41) is 11.9. The highest BCUT2D eigenvalue weighted by atomic mass is 79.9. The number of carbonyl (C=O) groups is 1. The summed E-state index contributed by atoms with van der Waals surface area (Å²) in [7, 11) is -3.81. The highest BCUT2D eigenvalue weighted by Crippen LogP contribution is 2.17. The van der Waals surface area contributed by atoms with Crippen molar-refractivity contribution in [2.45, 2.75) is 36.9 Å². The first-order valence-electron chi connectivity index (χ1n) is 9.34. The molecule has 1 heterocycles. The number of ether oxygens (including phenoxy) is 1. The summed E-state index contributed by atoms with van der Waals surface area (Å²) < 4.78 is 29.1. The van der Waals surface area contributed by atoms with Crippen molar-refractivity contribution in [2.24, 2.45) is 10.3 Å². The summed E-state index contributed by atoms with van der Waals surface area (Å²) >= 11 is 3.42. The van der Waals surface area contributed by atoms with Gasteiger partial charge in [-0.1, -0.05) is 33.2 Å². The van der Waals surface area contributed by atoms with E-state index in [9.17, 15) is 13.2 Å².